The van der Waals surface area contributed by atoms with E-state index in [9.17, 15) is 4.79 Å². The molecule has 12 heavy (non-hydrogen) atoms. The largest absolute Gasteiger partial charge is 0.235 e. The Labute approximate surface area is 73.1 Å². The molecule has 3 rings (SSSR count). The van der Waals surface area contributed by atoms with Gasteiger partial charge in [-0.1, -0.05) is 13.8 Å². The highest BCUT2D eigenvalue weighted by atomic mass is 16.1. The Balaban J connectivity index is 2.16. The zero-order valence-electron chi connectivity index (χ0n) is 7.71. The first-order valence-electron chi connectivity index (χ1n) is 4.73. The molecular formula is C10H15NO. The van der Waals surface area contributed by atoms with Crippen molar-refractivity contribution < 1.29 is 4.79 Å². The minimum Gasteiger partial charge on any atom is -0.211 e. The van der Waals surface area contributed by atoms with Crippen LogP contribution in [0, 0.1) is 17.3 Å². The number of carbonyl (C=O) groups excluding carboxylic acids is 1. The topological polar surface area (TPSA) is 29.4 Å². The molecule has 0 N–H and O–H groups in total. The molecule has 3 saturated carbocycles. The maximum Gasteiger partial charge on any atom is 0.235 e. The summed E-state index contributed by atoms with van der Waals surface area (Å²) < 4.78 is 0. The highest BCUT2D eigenvalue weighted by Crippen LogP contribution is 2.59. The Morgan fingerprint density at radius 1 is 1.42 bits per heavy atom. The molecule has 0 aromatic rings. The predicted octanol–water partition coefficient (Wildman–Crippen LogP) is 2.15. The molecule has 0 saturated heterocycles. The van der Waals surface area contributed by atoms with Crippen molar-refractivity contribution in [3.8, 4) is 0 Å². The van der Waals surface area contributed by atoms with Crippen molar-refractivity contribution in [2.45, 2.75) is 39.2 Å². The van der Waals surface area contributed by atoms with Crippen molar-refractivity contribution >= 4 is 6.08 Å². The molecule has 0 radical (unpaired) electrons. The average Bonchev–Trinajstić information content (AvgIpc) is 2.05. The van der Waals surface area contributed by atoms with E-state index in [1.165, 1.54) is 12.8 Å². The second-order valence-corrected chi connectivity index (χ2v) is 4.73. The van der Waals surface area contributed by atoms with Crippen molar-refractivity contribution in [1.29, 1.82) is 0 Å². The molecule has 0 aliphatic heterocycles. The zero-order chi connectivity index (χ0) is 8.77. The fraction of sp³-hybridized carbons (Fsp3) is 0.900. The van der Waals surface area contributed by atoms with Crippen molar-refractivity contribution in [1.82, 2.24) is 0 Å². The first-order chi connectivity index (χ1) is 5.66. The van der Waals surface area contributed by atoms with E-state index in [2.05, 4.69) is 18.8 Å². The molecule has 66 valence electrons. The fourth-order valence-corrected chi connectivity index (χ4v) is 2.99. The van der Waals surface area contributed by atoms with Gasteiger partial charge < -0.3 is 0 Å². The lowest BCUT2D eigenvalue weighted by Crippen LogP contribution is -2.54. The molecule has 2 bridgehead atoms. The smallest absolute Gasteiger partial charge is 0.211 e. The molecule has 0 heterocycles. The molecule has 2 nitrogen and oxygen atoms in total. The fourth-order valence-electron chi connectivity index (χ4n) is 2.99. The number of fused-ring (bicyclic) bond motifs is 2. The van der Waals surface area contributed by atoms with Crippen LogP contribution in [-0.4, -0.2) is 12.1 Å². The monoisotopic (exact) mass is 165 g/mol. The molecule has 3 aliphatic rings. The minimum atomic E-state index is 0.280. The van der Waals surface area contributed by atoms with Gasteiger partial charge in [0.05, 0.1) is 6.04 Å². The van der Waals surface area contributed by atoms with Gasteiger partial charge in [-0.25, -0.2) is 9.79 Å². The van der Waals surface area contributed by atoms with Crippen LogP contribution in [0.5, 0.6) is 0 Å². The SMILES string of the molecule is CC1(C)C2CCC(N=C=O)C1C2. The molecule has 0 amide bonds. The lowest BCUT2D eigenvalue weighted by atomic mass is 9.47. The summed E-state index contributed by atoms with van der Waals surface area (Å²) in [5, 5.41) is 0. The van der Waals surface area contributed by atoms with E-state index in [0.717, 1.165) is 12.3 Å². The molecule has 3 aliphatic carbocycles. The summed E-state index contributed by atoms with van der Waals surface area (Å²) in [5.41, 5.74) is 0.434. The first-order valence-corrected chi connectivity index (χ1v) is 4.73. The molecule has 3 unspecified atom stereocenters. The van der Waals surface area contributed by atoms with Crippen molar-refractivity contribution in [3.05, 3.63) is 0 Å². The third-order valence-corrected chi connectivity index (χ3v) is 4.04. The van der Waals surface area contributed by atoms with E-state index in [-0.39, 0.29) is 6.04 Å². The number of nitrogens with zero attached hydrogens (tertiary/aromatic N) is 1. The number of isocyanates is 1. The van der Waals surface area contributed by atoms with Gasteiger partial charge in [0.2, 0.25) is 6.08 Å². The molecule has 3 fully saturated rings. The molecule has 0 aromatic heterocycles. The third-order valence-electron chi connectivity index (χ3n) is 4.04. The second-order valence-electron chi connectivity index (χ2n) is 4.73. The summed E-state index contributed by atoms with van der Waals surface area (Å²) >= 11 is 0. The molecule has 3 atom stereocenters. The first kappa shape index (κ1) is 8.00. The van der Waals surface area contributed by atoms with Crippen LogP contribution in [0.3, 0.4) is 0 Å². The van der Waals surface area contributed by atoms with Gasteiger partial charge in [-0.3, -0.25) is 0 Å². The van der Waals surface area contributed by atoms with E-state index in [0.29, 0.717) is 11.3 Å². The summed E-state index contributed by atoms with van der Waals surface area (Å²) in [5.74, 6) is 1.54. The van der Waals surface area contributed by atoms with Crippen LogP contribution in [0.1, 0.15) is 33.1 Å². The molecule has 0 spiro atoms. The Morgan fingerprint density at radius 2 is 2.17 bits per heavy atom. The summed E-state index contributed by atoms with van der Waals surface area (Å²) in [6.45, 7) is 4.61. The van der Waals surface area contributed by atoms with E-state index in [1.807, 2.05) is 0 Å². The normalized spacial score (nSPS) is 42.7. The average molecular weight is 165 g/mol. The maximum atomic E-state index is 10.2. The van der Waals surface area contributed by atoms with Gasteiger partial charge in [0.15, 0.2) is 0 Å². The molecule has 2 heteroatoms. The van der Waals surface area contributed by atoms with Crippen molar-refractivity contribution in [2.24, 2.45) is 22.2 Å². The van der Waals surface area contributed by atoms with Crippen molar-refractivity contribution in [2.75, 3.05) is 0 Å². The van der Waals surface area contributed by atoms with E-state index >= 15 is 0 Å². The van der Waals surface area contributed by atoms with Gasteiger partial charge >= 0.3 is 0 Å². The Hall–Kier alpha value is -0.620. The Kier molecular flexibility index (Phi) is 1.62. The number of aliphatic imine (C=N–C) groups is 1. The minimum absolute atomic E-state index is 0.280. The predicted molar refractivity (Wildman–Crippen MR) is 46.5 cm³/mol. The van der Waals surface area contributed by atoms with E-state index < -0.39 is 0 Å². The molecular weight excluding hydrogens is 150 g/mol. The van der Waals surface area contributed by atoms with Crippen LogP contribution >= 0.6 is 0 Å². The van der Waals surface area contributed by atoms with Gasteiger partial charge in [0.1, 0.15) is 0 Å². The Morgan fingerprint density at radius 3 is 2.67 bits per heavy atom. The van der Waals surface area contributed by atoms with E-state index in [4.69, 9.17) is 0 Å². The summed E-state index contributed by atoms with van der Waals surface area (Å²) in [4.78, 5) is 14.0. The standard InChI is InChI=1S/C10H15NO/c1-10(2)7-3-4-9(11-6-12)8(10)5-7/h7-9H,3-5H2,1-2H3. The van der Waals surface area contributed by atoms with E-state index in [1.54, 1.807) is 6.08 Å². The second kappa shape index (κ2) is 2.43. The van der Waals surface area contributed by atoms with Crippen LogP contribution in [0.4, 0.5) is 0 Å². The highest BCUT2D eigenvalue weighted by Gasteiger charge is 2.54. The number of rotatable bonds is 1. The number of hydrogen-bond acceptors (Lipinski definition) is 2. The van der Waals surface area contributed by atoms with Gasteiger partial charge in [-0.05, 0) is 36.5 Å². The summed E-state index contributed by atoms with van der Waals surface area (Å²) in [6.07, 6.45) is 5.34. The Bertz CT molecular complexity index is 238. The van der Waals surface area contributed by atoms with Gasteiger partial charge in [-0.2, -0.15) is 0 Å². The van der Waals surface area contributed by atoms with Crippen LogP contribution in [0.2, 0.25) is 0 Å². The van der Waals surface area contributed by atoms with Crippen LogP contribution < -0.4 is 0 Å². The molecule has 0 aromatic carbocycles. The third kappa shape index (κ3) is 0.879. The highest BCUT2D eigenvalue weighted by molar-refractivity contribution is 5.34. The van der Waals surface area contributed by atoms with Gasteiger partial charge in [0, 0.05) is 0 Å². The lowest BCUT2D eigenvalue weighted by Gasteiger charge is -2.58. The number of hydrogen-bond donors (Lipinski definition) is 0. The lowest BCUT2D eigenvalue weighted by molar-refractivity contribution is -0.0771. The maximum absolute atomic E-state index is 10.2. The van der Waals surface area contributed by atoms with Gasteiger partial charge in [-0.15, -0.1) is 0 Å². The summed E-state index contributed by atoms with van der Waals surface area (Å²) in [6, 6.07) is 0.280. The van der Waals surface area contributed by atoms with Crippen LogP contribution in [0.15, 0.2) is 4.99 Å². The van der Waals surface area contributed by atoms with Gasteiger partial charge in [0.25, 0.3) is 0 Å². The summed E-state index contributed by atoms with van der Waals surface area (Å²) in [7, 11) is 0. The zero-order valence-corrected chi connectivity index (χ0v) is 7.71. The van der Waals surface area contributed by atoms with Crippen molar-refractivity contribution in [3.63, 3.8) is 0 Å². The quantitative estimate of drug-likeness (QED) is 0.432. The van der Waals surface area contributed by atoms with Crippen LogP contribution in [-0.2, 0) is 4.79 Å². The van der Waals surface area contributed by atoms with Crippen LogP contribution in [0.25, 0.3) is 0 Å².